The second kappa shape index (κ2) is 5.04. The van der Waals surface area contributed by atoms with E-state index < -0.39 is 5.82 Å². The Hall–Kier alpha value is -1.46. The van der Waals surface area contributed by atoms with Crippen molar-refractivity contribution in [3.05, 3.63) is 44.6 Å². The molecule has 2 aromatic rings. The van der Waals surface area contributed by atoms with E-state index in [2.05, 4.69) is 10.3 Å². The van der Waals surface area contributed by atoms with Crippen LogP contribution in [0.5, 0.6) is 0 Å². The quantitative estimate of drug-likeness (QED) is 0.911. The summed E-state index contributed by atoms with van der Waals surface area (Å²) < 4.78 is 13.0. The minimum atomic E-state index is -0.518. The molecule has 0 unspecified atom stereocenters. The van der Waals surface area contributed by atoms with Crippen molar-refractivity contribution in [3.63, 3.8) is 0 Å². The van der Waals surface area contributed by atoms with Gasteiger partial charge >= 0.3 is 0 Å². The largest absolute Gasteiger partial charge is 0.321 e. The van der Waals surface area contributed by atoms with E-state index in [1.807, 2.05) is 13.8 Å². The monoisotopic (exact) mass is 284 g/mol. The summed E-state index contributed by atoms with van der Waals surface area (Å²) in [6, 6.07) is 4.02. The van der Waals surface area contributed by atoms with Crippen LogP contribution >= 0.6 is 22.9 Å². The molecule has 0 aliphatic carbocycles. The summed E-state index contributed by atoms with van der Waals surface area (Å²) in [6.45, 7) is 3.67. The van der Waals surface area contributed by atoms with Crippen LogP contribution in [0.4, 0.5) is 10.1 Å². The Morgan fingerprint density at radius 1 is 1.44 bits per heavy atom. The molecule has 18 heavy (non-hydrogen) atoms. The maximum atomic E-state index is 13.0. The fourth-order valence-electron chi connectivity index (χ4n) is 1.50. The summed E-state index contributed by atoms with van der Waals surface area (Å²) >= 11 is 7.09. The molecule has 94 valence electrons. The molecule has 1 N–H and O–H groups in total. The molecule has 0 saturated carbocycles. The fraction of sp³-hybridized carbons (Fsp3) is 0.167. The summed E-state index contributed by atoms with van der Waals surface area (Å²) in [6.07, 6.45) is 0. The van der Waals surface area contributed by atoms with E-state index in [-0.39, 0.29) is 10.9 Å². The third-order valence-electron chi connectivity index (χ3n) is 2.30. The SMILES string of the molecule is Cc1nc(C(=O)Nc2ccc(F)c(Cl)c2)c(C)s1. The smallest absolute Gasteiger partial charge is 0.275 e. The first-order chi connectivity index (χ1) is 8.47. The van der Waals surface area contributed by atoms with Crippen LogP contribution in [0.1, 0.15) is 20.4 Å². The lowest BCUT2D eigenvalue weighted by Crippen LogP contribution is -2.13. The van der Waals surface area contributed by atoms with E-state index in [0.717, 1.165) is 9.88 Å². The van der Waals surface area contributed by atoms with Gasteiger partial charge < -0.3 is 5.32 Å². The number of hydrogen-bond acceptors (Lipinski definition) is 3. The number of aryl methyl sites for hydroxylation is 2. The highest BCUT2D eigenvalue weighted by atomic mass is 35.5. The van der Waals surface area contributed by atoms with Crippen molar-refractivity contribution in [2.45, 2.75) is 13.8 Å². The molecule has 0 radical (unpaired) electrons. The average molecular weight is 285 g/mol. The molecule has 1 amide bonds. The van der Waals surface area contributed by atoms with Gasteiger partial charge in [0.25, 0.3) is 5.91 Å². The zero-order chi connectivity index (χ0) is 13.3. The van der Waals surface area contributed by atoms with Crippen molar-refractivity contribution >= 4 is 34.5 Å². The zero-order valence-corrected chi connectivity index (χ0v) is 11.3. The van der Waals surface area contributed by atoms with Crippen LogP contribution in [0.2, 0.25) is 5.02 Å². The lowest BCUT2D eigenvalue weighted by Gasteiger charge is -2.04. The van der Waals surface area contributed by atoms with E-state index in [1.54, 1.807) is 0 Å². The fourth-order valence-corrected chi connectivity index (χ4v) is 2.50. The molecule has 0 saturated heterocycles. The van der Waals surface area contributed by atoms with Gasteiger partial charge in [0.15, 0.2) is 0 Å². The van der Waals surface area contributed by atoms with Crippen LogP contribution in [0.25, 0.3) is 0 Å². The van der Waals surface area contributed by atoms with Crippen molar-refractivity contribution < 1.29 is 9.18 Å². The Bertz CT molecular complexity index is 612. The molecular weight excluding hydrogens is 275 g/mol. The van der Waals surface area contributed by atoms with Crippen molar-refractivity contribution in [2.75, 3.05) is 5.32 Å². The third-order valence-corrected chi connectivity index (χ3v) is 3.47. The maximum Gasteiger partial charge on any atom is 0.275 e. The van der Waals surface area contributed by atoms with Gasteiger partial charge in [0, 0.05) is 10.6 Å². The van der Waals surface area contributed by atoms with Crippen molar-refractivity contribution in [1.29, 1.82) is 0 Å². The number of carbonyl (C=O) groups is 1. The van der Waals surface area contributed by atoms with Crippen LogP contribution in [-0.4, -0.2) is 10.9 Å². The number of rotatable bonds is 2. The van der Waals surface area contributed by atoms with E-state index >= 15 is 0 Å². The number of halogens is 2. The highest BCUT2D eigenvalue weighted by Crippen LogP contribution is 2.21. The van der Waals surface area contributed by atoms with Gasteiger partial charge in [-0.05, 0) is 32.0 Å². The third kappa shape index (κ3) is 2.68. The Morgan fingerprint density at radius 3 is 2.72 bits per heavy atom. The second-order valence-electron chi connectivity index (χ2n) is 3.72. The number of aromatic nitrogens is 1. The molecule has 0 spiro atoms. The molecule has 1 aromatic heterocycles. The van der Waals surface area contributed by atoms with E-state index in [0.29, 0.717) is 11.4 Å². The van der Waals surface area contributed by atoms with Gasteiger partial charge in [-0.1, -0.05) is 11.6 Å². The normalized spacial score (nSPS) is 10.4. The Morgan fingerprint density at radius 2 is 2.17 bits per heavy atom. The molecule has 6 heteroatoms. The number of hydrogen-bond donors (Lipinski definition) is 1. The molecule has 3 nitrogen and oxygen atoms in total. The predicted octanol–water partition coefficient (Wildman–Crippen LogP) is 3.80. The molecule has 1 aromatic carbocycles. The van der Waals surface area contributed by atoms with Gasteiger partial charge in [-0.2, -0.15) is 0 Å². The van der Waals surface area contributed by atoms with Crippen molar-refractivity contribution in [3.8, 4) is 0 Å². The lowest BCUT2D eigenvalue weighted by molar-refractivity contribution is 0.102. The predicted molar refractivity (Wildman–Crippen MR) is 71.0 cm³/mol. The minimum absolute atomic E-state index is 0.0287. The first-order valence-electron chi connectivity index (χ1n) is 5.18. The first kappa shape index (κ1) is 13.0. The number of thiazole rings is 1. The maximum absolute atomic E-state index is 13.0. The van der Waals surface area contributed by atoms with Gasteiger partial charge in [0.05, 0.1) is 10.0 Å². The zero-order valence-electron chi connectivity index (χ0n) is 9.75. The molecule has 1 heterocycles. The highest BCUT2D eigenvalue weighted by Gasteiger charge is 2.14. The minimum Gasteiger partial charge on any atom is -0.321 e. The summed E-state index contributed by atoms with van der Waals surface area (Å²) in [4.78, 5) is 16.9. The van der Waals surface area contributed by atoms with Gasteiger partial charge in [0.2, 0.25) is 0 Å². The summed E-state index contributed by atoms with van der Waals surface area (Å²) in [5.74, 6) is -0.838. The first-order valence-corrected chi connectivity index (χ1v) is 6.37. The van der Waals surface area contributed by atoms with Crippen molar-refractivity contribution in [1.82, 2.24) is 4.98 Å². The van der Waals surface area contributed by atoms with Gasteiger partial charge in [-0.25, -0.2) is 9.37 Å². The van der Waals surface area contributed by atoms with Gasteiger partial charge in [-0.15, -0.1) is 11.3 Å². The molecule has 0 fully saturated rings. The Labute approximate surface area is 113 Å². The molecule has 0 aliphatic heterocycles. The van der Waals surface area contributed by atoms with Gasteiger partial charge in [0.1, 0.15) is 11.5 Å². The number of benzene rings is 1. The second-order valence-corrected chi connectivity index (χ2v) is 5.54. The number of carbonyl (C=O) groups excluding carboxylic acids is 1. The van der Waals surface area contributed by atoms with Crippen LogP contribution in [0, 0.1) is 19.7 Å². The molecule has 0 aliphatic rings. The molecule has 0 bridgehead atoms. The van der Waals surface area contributed by atoms with Crippen LogP contribution in [-0.2, 0) is 0 Å². The Balaban J connectivity index is 2.21. The number of anilines is 1. The molecular formula is C12H10ClFN2OS. The number of amides is 1. The van der Waals surface area contributed by atoms with Crippen LogP contribution in [0.15, 0.2) is 18.2 Å². The average Bonchev–Trinajstić information content (AvgIpc) is 2.63. The van der Waals surface area contributed by atoms with E-state index in [4.69, 9.17) is 11.6 Å². The highest BCUT2D eigenvalue weighted by molar-refractivity contribution is 7.11. The molecule has 0 atom stereocenters. The Kier molecular flexibility index (Phi) is 3.63. The van der Waals surface area contributed by atoms with E-state index in [1.165, 1.54) is 29.5 Å². The topological polar surface area (TPSA) is 42.0 Å². The number of nitrogens with zero attached hydrogens (tertiary/aromatic N) is 1. The van der Waals surface area contributed by atoms with Crippen LogP contribution in [0.3, 0.4) is 0 Å². The summed E-state index contributed by atoms with van der Waals surface area (Å²) in [5.41, 5.74) is 0.828. The van der Waals surface area contributed by atoms with Gasteiger partial charge in [-0.3, -0.25) is 4.79 Å². The lowest BCUT2D eigenvalue weighted by atomic mass is 10.3. The van der Waals surface area contributed by atoms with E-state index in [9.17, 15) is 9.18 Å². The standard InChI is InChI=1S/C12H10ClFN2OS/c1-6-11(15-7(2)18-6)12(17)16-8-3-4-10(14)9(13)5-8/h3-5H,1-2H3,(H,16,17). The summed E-state index contributed by atoms with van der Waals surface area (Å²) in [7, 11) is 0. The number of nitrogens with one attached hydrogen (secondary N) is 1. The summed E-state index contributed by atoms with van der Waals surface area (Å²) in [5, 5.41) is 3.43. The molecule has 2 rings (SSSR count). The van der Waals surface area contributed by atoms with Crippen LogP contribution < -0.4 is 5.32 Å². The van der Waals surface area contributed by atoms with Crippen molar-refractivity contribution in [2.24, 2.45) is 0 Å².